The zero-order valence-electron chi connectivity index (χ0n) is 16.6. The third-order valence-corrected chi connectivity index (χ3v) is 4.56. The van der Waals surface area contributed by atoms with Crippen LogP contribution in [0.25, 0.3) is 0 Å². The number of ether oxygens (including phenoxy) is 3. The number of amides is 1. The maximum atomic E-state index is 12.9. The lowest BCUT2D eigenvalue weighted by Gasteiger charge is -2.34. The first-order valence-corrected chi connectivity index (χ1v) is 9.74. The fourth-order valence-electron chi connectivity index (χ4n) is 3.23. The Morgan fingerprint density at radius 1 is 1.15 bits per heavy atom. The summed E-state index contributed by atoms with van der Waals surface area (Å²) >= 11 is 0. The Hall–Kier alpha value is -2.08. The summed E-state index contributed by atoms with van der Waals surface area (Å²) < 4.78 is 16.4. The van der Waals surface area contributed by atoms with E-state index in [-0.39, 0.29) is 17.9 Å². The van der Waals surface area contributed by atoms with Gasteiger partial charge in [0.15, 0.2) is 0 Å². The van der Waals surface area contributed by atoms with Gasteiger partial charge < -0.3 is 14.2 Å². The maximum Gasteiger partial charge on any atom is 0.410 e. The normalized spacial score (nSPS) is 20.0. The maximum absolute atomic E-state index is 12.9. The molecule has 0 spiro atoms. The lowest BCUT2D eigenvalue weighted by molar-refractivity contribution is -0.150. The number of carbonyl (C=O) groups is 2. The molecule has 1 aliphatic rings. The molecule has 0 N–H and O–H groups in total. The van der Waals surface area contributed by atoms with Crippen molar-refractivity contribution < 1.29 is 23.8 Å². The monoisotopic (exact) mass is 377 g/mol. The van der Waals surface area contributed by atoms with Gasteiger partial charge >= 0.3 is 12.1 Å². The molecule has 0 bridgehead atoms. The molecule has 2 atom stereocenters. The van der Waals surface area contributed by atoms with Gasteiger partial charge in [0.25, 0.3) is 0 Å². The van der Waals surface area contributed by atoms with Gasteiger partial charge in [-0.3, -0.25) is 9.69 Å². The van der Waals surface area contributed by atoms with Crippen LogP contribution in [0.2, 0.25) is 0 Å². The summed E-state index contributed by atoms with van der Waals surface area (Å²) in [5, 5.41) is 0. The lowest BCUT2D eigenvalue weighted by atomic mass is 9.93. The Labute approximate surface area is 161 Å². The van der Waals surface area contributed by atoms with Crippen LogP contribution in [0.4, 0.5) is 4.79 Å². The molecule has 1 heterocycles. The van der Waals surface area contributed by atoms with E-state index in [9.17, 15) is 9.59 Å². The third kappa shape index (κ3) is 6.54. The van der Waals surface area contributed by atoms with Crippen molar-refractivity contribution in [1.29, 1.82) is 0 Å². The van der Waals surface area contributed by atoms with Crippen molar-refractivity contribution in [1.82, 2.24) is 4.90 Å². The van der Waals surface area contributed by atoms with E-state index in [1.165, 1.54) is 0 Å². The average Bonchev–Trinajstić information content (AvgIpc) is 2.91. The van der Waals surface area contributed by atoms with E-state index < -0.39 is 12.0 Å². The van der Waals surface area contributed by atoms with Gasteiger partial charge in [-0.25, -0.2) is 4.79 Å². The molecule has 1 aliphatic heterocycles. The van der Waals surface area contributed by atoms with Crippen molar-refractivity contribution in [3.05, 3.63) is 35.9 Å². The molecule has 150 valence electrons. The van der Waals surface area contributed by atoms with Gasteiger partial charge in [0, 0.05) is 19.8 Å². The summed E-state index contributed by atoms with van der Waals surface area (Å²) in [6.45, 7) is 7.82. The molecule has 6 nitrogen and oxygen atoms in total. The van der Waals surface area contributed by atoms with Gasteiger partial charge in [0.05, 0.1) is 25.2 Å². The number of benzene rings is 1. The first-order chi connectivity index (χ1) is 13.0. The summed E-state index contributed by atoms with van der Waals surface area (Å²) in [5.74, 6) is -0.448. The van der Waals surface area contributed by atoms with Crippen LogP contribution in [0.5, 0.6) is 0 Å². The molecule has 6 heteroatoms. The predicted molar refractivity (Wildman–Crippen MR) is 102 cm³/mol. The molecule has 27 heavy (non-hydrogen) atoms. The largest absolute Gasteiger partial charge is 0.466 e. The van der Waals surface area contributed by atoms with Crippen LogP contribution >= 0.6 is 0 Å². The number of carbonyl (C=O) groups excluding carboxylic acids is 2. The molecule has 1 amide bonds. The molecule has 0 unspecified atom stereocenters. The van der Waals surface area contributed by atoms with Crippen molar-refractivity contribution in [2.75, 3.05) is 26.4 Å². The third-order valence-electron chi connectivity index (χ3n) is 4.56. The fraction of sp³-hybridized carbons (Fsp3) is 0.619. The van der Waals surface area contributed by atoms with Crippen LogP contribution in [0.1, 0.15) is 39.2 Å². The highest BCUT2D eigenvalue weighted by molar-refractivity contribution is 5.75. The number of hydrogen-bond acceptors (Lipinski definition) is 5. The summed E-state index contributed by atoms with van der Waals surface area (Å²) in [7, 11) is 0. The van der Waals surface area contributed by atoms with Crippen LogP contribution in [-0.4, -0.2) is 49.4 Å². The molecule has 1 fully saturated rings. The van der Waals surface area contributed by atoms with E-state index in [4.69, 9.17) is 14.2 Å². The molecule has 0 radical (unpaired) electrons. The smallest absolute Gasteiger partial charge is 0.410 e. The standard InChI is InChI=1S/C21H31NO5/c1-4-26-20(23)18-10-12-25-13-11-19(18)22(21(24)27-15-16(2)3)14-17-8-6-5-7-9-17/h5-9,16,18-19H,4,10-15H2,1-3H3/t18-,19+/m0/s1. The molecule has 0 aliphatic carbocycles. The van der Waals surface area contributed by atoms with E-state index in [0.29, 0.717) is 45.8 Å². The predicted octanol–water partition coefficient (Wildman–Crippen LogP) is 3.64. The van der Waals surface area contributed by atoms with Crippen LogP contribution < -0.4 is 0 Å². The van der Waals surface area contributed by atoms with Crippen molar-refractivity contribution in [3.63, 3.8) is 0 Å². The second-order valence-electron chi connectivity index (χ2n) is 7.20. The second-order valence-corrected chi connectivity index (χ2v) is 7.20. The minimum absolute atomic E-state index is 0.242. The molecule has 1 aromatic rings. The highest BCUT2D eigenvalue weighted by Gasteiger charge is 2.38. The van der Waals surface area contributed by atoms with Gasteiger partial charge in [-0.15, -0.1) is 0 Å². The highest BCUT2D eigenvalue weighted by Crippen LogP contribution is 2.26. The number of hydrogen-bond donors (Lipinski definition) is 0. The molecule has 0 aromatic heterocycles. The lowest BCUT2D eigenvalue weighted by Crippen LogP contribution is -2.47. The Morgan fingerprint density at radius 2 is 1.85 bits per heavy atom. The number of nitrogens with zero attached hydrogens (tertiary/aromatic N) is 1. The van der Waals surface area contributed by atoms with Crippen molar-refractivity contribution >= 4 is 12.1 Å². The van der Waals surface area contributed by atoms with Crippen molar-refractivity contribution in [3.8, 4) is 0 Å². The number of rotatable bonds is 7. The topological polar surface area (TPSA) is 65.1 Å². The zero-order chi connectivity index (χ0) is 19.6. The zero-order valence-corrected chi connectivity index (χ0v) is 16.6. The van der Waals surface area contributed by atoms with E-state index >= 15 is 0 Å². The quantitative estimate of drug-likeness (QED) is 0.679. The second kappa shape index (κ2) is 10.9. The Balaban J connectivity index is 2.26. The first kappa shape index (κ1) is 21.2. The average molecular weight is 377 g/mol. The number of esters is 1. The molecule has 1 saturated heterocycles. The van der Waals surface area contributed by atoms with E-state index in [1.807, 2.05) is 44.2 Å². The fourth-order valence-corrected chi connectivity index (χ4v) is 3.23. The van der Waals surface area contributed by atoms with Gasteiger partial charge in [-0.2, -0.15) is 0 Å². The van der Waals surface area contributed by atoms with E-state index in [1.54, 1.807) is 11.8 Å². The summed E-state index contributed by atoms with van der Waals surface area (Å²) in [5.41, 5.74) is 0.992. The highest BCUT2D eigenvalue weighted by atomic mass is 16.6. The minimum atomic E-state index is -0.414. The summed E-state index contributed by atoms with van der Waals surface area (Å²) in [6, 6.07) is 9.43. The molecular weight excluding hydrogens is 346 g/mol. The molecule has 2 rings (SSSR count). The van der Waals surface area contributed by atoms with Crippen molar-refractivity contribution in [2.24, 2.45) is 11.8 Å². The molecule has 1 aromatic carbocycles. The van der Waals surface area contributed by atoms with Gasteiger partial charge in [-0.1, -0.05) is 44.2 Å². The first-order valence-electron chi connectivity index (χ1n) is 9.74. The Kier molecular flexibility index (Phi) is 8.58. The van der Waals surface area contributed by atoms with Gasteiger partial charge in [0.2, 0.25) is 0 Å². The van der Waals surface area contributed by atoms with Gasteiger partial charge in [0.1, 0.15) is 0 Å². The van der Waals surface area contributed by atoms with Crippen LogP contribution in [0.15, 0.2) is 30.3 Å². The van der Waals surface area contributed by atoms with Crippen molar-refractivity contribution in [2.45, 2.75) is 46.2 Å². The SMILES string of the molecule is CCOC(=O)[C@H]1CCOCC[C@H]1N(Cc1ccccc1)C(=O)OCC(C)C. The van der Waals surface area contributed by atoms with Crippen LogP contribution in [0.3, 0.4) is 0 Å². The van der Waals surface area contributed by atoms with Crippen LogP contribution in [-0.2, 0) is 25.5 Å². The Morgan fingerprint density at radius 3 is 2.52 bits per heavy atom. The molecular formula is C21H31NO5. The van der Waals surface area contributed by atoms with E-state index in [0.717, 1.165) is 5.56 Å². The van der Waals surface area contributed by atoms with E-state index in [2.05, 4.69) is 0 Å². The summed E-state index contributed by atoms with van der Waals surface area (Å²) in [6.07, 6.45) is 0.716. The van der Waals surface area contributed by atoms with Gasteiger partial charge in [-0.05, 0) is 31.2 Å². The Bertz CT molecular complexity index is 589. The molecule has 0 saturated carbocycles. The summed E-state index contributed by atoms with van der Waals surface area (Å²) in [4.78, 5) is 27.1. The van der Waals surface area contributed by atoms with Crippen LogP contribution in [0, 0.1) is 11.8 Å². The minimum Gasteiger partial charge on any atom is -0.466 e.